The fraction of sp³-hybridized carbons (Fsp3) is 0.526. The van der Waals surface area contributed by atoms with Crippen LogP contribution >= 0.6 is 0 Å². The molecule has 9 heteroatoms. The zero-order chi connectivity index (χ0) is 20.0. The highest BCUT2D eigenvalue weighted by atomic mass is 19.1. The lowest BCUT2D eigenvalue weighted by atomic mass is 10.1. The van der Waals surface area contributed by atoms with Crippen molar-refractivity contribution in [3.05, 3.63) is 29.8 Å². The van der Waals surface area contributed by atoms with Crippen LogP contribution < -0.4 is 10.6 Å². The third kappa shape index (κ3) is 3.12. The zero-order valence-corrected chi connectivity index (χ0v) is 15.2. The Balaban J connectivity index is 1.43. The molecule has 4 atom stereocenters. The SMILES string of the molecule is N#CC1CCCN1C(=O)C(N)CN1CC2C[C@H]1C(=O)N2c1cc(F)cc(F)c1. The van der Waals surface area contributed by atoms with Crippen LogP contribution in [-0.4, -0.2) is 65.4 Å². The van der Waals surface area contributed by atoms with Crippen molar-refractivity contribution in [1.29, 1.82) is 5.26 Å². The van der Waals surface area contributed by atoms with Crippen molar-refractivity contribution in [1.82, 2.24) is 9.80 Å². The molecule has 2 amide bonds. The van der Waals surface area contributed by atoms with E-state index in [2.05, 4.69) is 6.07 Å². The average Bonchev–Trinajstić information content (AvgIpc) is 3.34. The van der Waals surface area contributed by atoms with Gasteiger partial charge in [0.2, 0.25) is 11.8 Å². The Bertz CT molecular complexity index is 837. The maximum atomic E-state index is 13.5. The third-order valence-corrected chi connectivity index (χ3v) is 5.83. The normalized spacial score (nSPS) is 28.1. The van der Waals surface area contributed by atoms with Crippen molar-refractivity contribution in [3.8, 4) is 6.07 Å². The van der Waals surface area contributed by atoms with Gasteiger partial charge < -0.3 is 15.5 Å². The number of nitriles is 1. The second-order valence-corrected chi connectivity index (χ2v) is 7.62. The molecule has 2 N–H and O–H groups in total. The molecule has 3 aliphatic heterocycles. The lowest BCUT2D eigenvalue weighted by Gasteiger charge is -2.35. The van der Waals surface area contributed by atoms with E-state index in [1.807, 2.05) is 4.90 Å². The number of benzene rings is 1. The largest absolute Gasteiger partial charge is 0.325 e. The molecule has 0 saturated carbocycles. The molecule has 7 nitrogen and oxygen atoms in total. The van der Waals surface area contributed by atoms with E-state index in [4.69, 9.17) is 11.0 Å². The third-order valence-electron chi connectivity index (χ3n) is 5.83. The summed E-state index contributed by atoms with van der Waals surface area (Å²) in [4.78, 5) is 30.2. The number of likely N-dealkylation sites (tertiary alicyclic amines) is 2. The van der Waals surface area contributed by atoms with Gasteiger partial charge in [-0.15, -0.1) is 0 Å². The maximum absolute atomic E-state index is 13.5. The highest BCUT2D eigenvalue weighted by molar-refractivity contribution is 6.01. The first-order chi connectivity index (χ1) is 13.4. The minimum Gasteiger partial charge on any atom is -0.325 e. The lowest BCUT2D eigenvalue weighted by molar-refractivity contribution is -0.134. The number of carbonyl (C=O) groups is 2. The second-order valence-electron chi connectivity index (χ2n) is 7.62. The quantitative estimate of drug-likeness (QED) is 0.814. The van der Waals surface area contributed by atoms with Gasteiger partial charge in [-0.2, -0.15) is 5.26 Å². The maximum Gasteiger partial charge on any atom is 0.244 e. The van der Waals surface area contributed by atoms with Gasteiger partial charge in [-0.1, -0.05) is 0 Å². The Morgan fingerprint density at radius 2 is 2.04 bits per heavy atom. The minimum atomic E-state index is -0.818. The minimum absolute atomic E-state index is 0.209. The number of amides is 2. The van der Waals surface area contributed by atoms with Gasteiger partial charge in [0.05, 0.1) is 24.2 Å². The molecule has 3 aliphatic rings. The summed E-state index contributed by atoms with van der Waals surface area (Å²) in [6, 6.07) is 3.27. The summed E-state index contributed by atoms with van der Waals surface area (Å²) in [5.41, 5.74) is 6.30. The van der Waals surface area contributed by atoms with E-state index in [1.165, 1.54) is 9.80 Å². The highest BCUT2D eigenvalue weighted by Gasteiger charge is 2.50. The average molecular weight is 389 g/mol. The van der Waals surface area contributed by atoms with Gasteiger partial charge in [0.1, 0.15) is 17.7 Å². The number of nitrogens with two attached hydrogens (primary N) is 1. The first-order valence-corrected chi connectivity index (χ1v) is 9.38. The summed E-state index contributed by atoms with van der Waals surface area (Å²) in [6.07, 6.45) is 1.96. The lowest BCUT2D eigenvalue weighted by Crippen LogP contribution is -2.56. The zero-order valence-electron chi connectivity index (χ0n) is 15.2. The van der Waals surface area contributed by atoms with Crippen molar-refractivity contribution >= 4 is 17.5 Å². The van der Waals surface area contributed by atoms with Crippen LogP contribution in [0.4, 0.5) is 14.5 Å². The first-order valence-electron chi connectivity index (χ1n) is 9.38. The molecule has 0 aromatic heterocycles. The first kappa shape index (κ1) is 18.8. The molecule has 0 aliphatic carbocycles. The number of hydrogen-bond donors (Lipinski definition) is 1. The number of halogens is 2. The van der Waals surface area contributed by atoms with Gasteiger partial charge in [-0.3, -0.25) is 14.5 Å². The molecular weight excluding hydrogens is 368 g/mol. The standard InChI is InChI=1S/C19H21F2N5O2/c20-11-4-12(21)6-14(5-11)26-15-7-17(19(26)28)24(9-15)10-16(23)18(27)25-3-1-2-13(25)8-22/h4-6,13,15-17H,1-3,7,9-10,23H2/t13?,15?,16?,17-/m0/s1. The number of piperazine rings is 1. The van der Waals surface area contributed by atoms with Crippen molar-refractivity contribution in [2.24, 2.45) is 5.73 Å². The topological polar surface area (TPSA) is 93.7 Å². The molecule has 3 unspecified atom stereocenters. The van der Waals surface area contributed by atoms with Gasteiger partial charge in [0.15, 0.2) is 0 Å². The molecule has 4 rings (SSSR count). The molecule has 28 heavy (non-hydrogen) atoms. The molecule has 3 heterocycles. The molecule has 148 valence electrons. The summed E-state index contributed by atoms with van der Waals surface area (Å²) in [7, 11) is 0. The van der Waals surface area contributed by atoms with Crippen molar-refractivity contribution in [3.63, 3.8) is 0 Å². The Morgan fingerprint density at radius 1 is 1.32 bits per heavy atom. The number of rotatable bonds is 4. The highest BCUT2D eigenvalue weighted by Crippen LogP contribution is 2.36. The van der Waals surface area contributed by atoms with Gasteiger partial charge in [-0.05, 0) is 31.4 Å². The Labute approximate surface area is 161 Å². The number of fused-ring (bicyclic) bond motifs is 2. The molecule has 2 bridgehead atoms. The summed E-state index contributed by atoms with van der Waals surface area (Å²) < 4.78 is 27.1. The number of carbonyl (C=O) groups excluding carboxylic acids is 2. The summed E-state index contributed by atoms with van der Waals surface area (Å²) in [5, 5.41) is 9.15. The van der Waals surface area contributed by atoms with E-state index >= 15 is 0 Å². The van der Waals surface area contributed by atoms with E-state index in [1.54, 1.807) is 0 Å². The molecule has 1 aromatic rings. The molecule has 0 spiro atoms. The van der Waals surface area contributed by atoms with Crippen molar-refractivity contribution < 1.29 is 18.4 Å². The van der Waals surface area contributed by atoms with Crippen LogP contribution in [0.25, 0.3) is 0 Å². The van der Waals surface area contributed by atoms with E-state index in [0.29, 0.717) is 25.9 Å². The van der Waals surface area contributed by atoms with E-state index in [-0.39, 0.29) is 30.1 Å². The molecule has 3 fully saturated rings. The Morgan fingerprint density at radius 3 is 2.68 bits per heavy atom. The molecule has 1 aromatic carbocycles. The van der Waals surface area contributed by atoms with Crippen molar-refractivity contribution in [2.75, 3.05) is 24.5 Å². The second kappa shape index (κ2) is 7.11. The Hall–Kier alpha value is -2.57. The molecular formula is C19H21F2N5O2. The number of nitrogens with zero attached hydrogens (tertiary/aromatic N) is 4. The van der Waals surface area contributed by atoms with Gasteiger partial charge in [0.25, 0.3) is 0 Å². The number of hydrogen-bond acceptors (Lipinski definition) is 5. The summed E-state index contributed by atoms with van der Waals surface area (Å²) in [5.74, 6) is -1.97. The molecule has 3 saturated heterocycles. The predicted molar refractivity (Wildman–Crippen MR) is 95.9 cm³/mol. The Kier molecular flexibility index (Phi) is 4.77. The van der Waals surface area contributed by atoms with E-state index in [9.17, 15) is 18.4 Å². The fourth-order valence-electron chi connectivity index (χ4n) is 4.59. The van der Waals surface area contributed by atoms with Crippen LogP contribution in [-0.2, 0) is 9.59 Å². The van der Waals surface area contributed by atoms with E-state index < -0.39 is 29.8 Å². The van der Waals surface area contributed by atoms with Crippen LogP contribution in [0.5, 0.6) is 0 Å². The summed E-state index contributed by atoms with van der Waals surface area (Å²) >= 11 is 0. The van der Waals surface area contributed by atoms with Crippen LogP contribution in [0.15, 0.2) is 18.2 Å². The van der Waals surface area contributed by atoms with Gasteiger partial charge in [0, 0.05) is 31.4 Å². The van der Waals surface area contributed by atoms with Crippen LogP contribution in [0.3, 0.4) is 0 Å². The van der Waals surface area contributed by atoms with E-state index in [0.717, 1.165) is 24.6 Å². The number of anilines is 1. The van der Waals surface area contributed by atoms with Crippen molar-refractivity contribution in [2.45, 2.75) is 43.4 Å². The van der Waals surface area contributed by atoms with Gasteiger partial charge >= 0.3 is 0 Å². The fourth-order valence-corrected chi connectivity index (χ4v) is 4.59. The van der Waals surface area contributed by atoms with Crippen LogP contribution in [0.1, 0.15) is 19.3 Å². The monoisotopic (exact) mass is 389 g/mol. The van der Waals surface area contributed by atoms with Crippen LogP contribution in [0, 0.1) is 23.0 Å². The predicted octanol–water partition coefficient (Wildman–Crippen LogP) is 0.596. The molecule has 0 radical (unpaired) electrons. The summed E-state index contributed by atoms with van der Waals surface area (Å²) in [6.45, 7) is 1.22. The smallest absolute Gasteiger partial charge is 0.244 e. The van der Waals surface area contributed by atoms with Crippen LogP contribution in [0.2, 0.25) is 0 Å². The van der Waals surface area contributed by atoms with Gasteiger partial charge in [-0.25, -0.2) is 8.78 Å².